The van der Waals surface area contributed by atoms with Crippen molar-refractivity contribution in [1.29, 1.82) is 0 Å². The van der Waals surface area contributed by atoms with Crippen molar-refractivity contribution in [2.75, 3.05) is 25.4 Å². The smallest absolute Gasteiger partial charge is 0.214 e. The summed E-state index contributed by atoms with van der Waals surface area (Å²) in [6, 6.07) is 0. The van der Waals surface area contributed by atoms with Gasteiger partial charge in [0.05, 0.1) is 12.4 Å². The zero-order chi connectivity index (χ0) is 10.3. The fourth-order valence-electron chi connectivity index (χ4n) is 0.987. The van der Waals surface area contributed by atoms with Crippen molar-refractivity contribution in [3.8, 4) is 0 Å². The number of aliphatic hydroxyl groups excluding tert-OH is 1. The van der Waals surface area contributed by atoms with E-state index in [1.165, 1.54) is 10.4 Å². The quantitative estimate of drug-likeness (QED) is 0.607. The SMILES string of the molecule is C=CCN(CCO)S(=O)(=O)CCC. The Labute approximate surface area is 79.9 Å². The molecule has 1 N–H and O–H groups in total. The number of nitrogens with zero attached hydrogens (tertiary/aromatic N) is 1. The molecule has 0 aromatic carbocycles. The van der Waals surface area contributed by atoms with Crippen LogP contribution in [0.5, 0.6) is 0 Å². The first-order valence-electron chi connectivity index (χ1n) is 4.28. The summed E-state index contributed by atoms with van der Waals surface area (Å²) >= 11 is 0. The molecule has 0 aliphatic carbocycles. The summed E-state index contributed by atoms with van der Waals surface area (Å²) in [6.45, 7) is 5.53. The largest absolute Gasteiger partial charge is 0.395 e. The lowest BCUT2D eigenvalue weighted by atomic mass is 10.6. The third-order valence-electron chi connectivity index (χ3n) is 1.54. The Morgan fingerprint density at radius 3 is 2.54 bits per heavy atom. The second kappa shape index (κ2) is 6.12. The molecule has 0 radical (unpaired) electrons. The van der Waals surface area contributed by atoms with Crippen molar-refractivity contribution >= 4 is 10.0 Å². The summed E-state index contributed by atoms with van der Waals surface area (Å²) in [4.78, 5) is 0. The Morgan fingerprint density at radius 2 is 2.15 bits per heavy atom. The van der Waals surface area contributed by atoms with E-state index in [1.807, 2.05) is 6.92 Å². The maximum atomic E-state index is 11.5. The normalized spacial score (nSPS) is 11.9. The molecule has 0 saturated carbocycles. The Bertz CT molecular complexity index is 236. The molecule has 0 bridgehead atoms. The van der Waals surface area contributed by atoms with Gasteiger partial charge < -0.3 is 5.11 Å². The molecule has 0 heterocycles. The van der Waals surface area contributed by atoms with E-state index in [-0.39, 0.29) is 25.4 Å². The maximum Gasteiger partial charge on any atom is 0.214 e. The number of hydrogen-bond donors (Lipinski definition) is 1. The molecule has 0 aliphatic heterocycles. The zero-order valence-corrected chi connectivity index (χ0v) is 8.76. The number of rotatable bonds is 7. The summed E-state index contributed by atoms with van der Waals surface area (Å²) in [5.74, 6) is 0.126. The van der Waals surface area contributed by atoms with Gasteiger partial charge in [0.1, 0.15) is 0 Å². The molecule has 0 spiro atoms. The zero-order valence-electron chi connectivity index (χ0n) is 7.94. The lowest BCUT2D eigenvalue weighted by Gasteiger charge is -2.18. The van der Waals surface area contributed by atoms with Crippen molar-refractivity contribution in [1.82, 2.24) is 4.31 Å². The van der Waals surface area contributed by atoms with Crippen LogP contribution in [0.25, 0.3) is 0 Å². The van der Waals surface area contributed by atoms with Crippen molar-refractivity contribution in [2.24, 2.45) is 0 Å². The average Bonchev–Trinajstić information content (AvgIpc) is 2.04. The van der Waals surface area contributed by atoms with E-state index in [9.17, 15) is 8.42 Å². The Balaban J connectivity index is 4.41. The molecule has 0 unspecified atom stereocenters. The van der Waals surface area contributed by atoms with Crippen molar-refractivity contribution in [3.05, 3.63) is 12.7 Å². The number of sulfonamides is 1. The van der Waals surface area contributed by atoms with E-state index in [0.29, 0.717) is 6.42 Å². The highest BCUT2D eigenvalue weighted by atomic mass is 32.2. The van der Waals surface area contributed by atoms with Crippen LogP contribution in [0.1, 0.15) is 13.3 Å². The second-order valence-electron chi connectivity index (χ2n) is 2.69. The minimum absolute atomic E-state index is 0.126. The summed E-state index contributed by atoms with van der Waals surface area (Å²) in [5, 5.41) is 8.65. The second-order valence-corrected chi connectivity index (χ2v) is 4.77. The summed E-state index contributed by atoms with van der Waals surface area (Å²) < 4.78 is 24.2. The van der Waals surface area contributed by atoms with Crippen molar-refractivity contribution in [3.63, 3.8) is 0 Å². The molecule has 4 nitrogen and oxygen atoms in total. The molecular weight excluding hydrogens is 190 g/mol. The van der Waals surface area contributed by atoms with E-state index < -0.39 is 10.0 Å². The Morgan fingerprint density at radius 1 is 1.54 bits per heavy atom. The lowest BCUT2D eigenvalue weighted by molar-refractivity contribution is 0.260. The molecule has 0 aromatic rings. The van der Waals surface area contributed by atoms with Crippen LogP contribution < -0.4 is 0 Å². The molecule has 0 rings (SSSR count). The molecule has 5 heteroatoms. The van der Waals surface area contributed by atoms with Gasteiger partial charge in [-0.05, 0) is 6.42 Å². The van der Waals surface area contributed by atoms with Gasteiger partial charge in [-0.3, -0.25) is 0 Å². The van der Waals surface area contributed by atoms with Crippen LogP contribution in [0, 0.1) is 0 Å². The minimum atomic E-state index is -3.19. The highest BCUT2D eigenvalue weighted by Crippen LogP contribution is 2.02. The fraction of sp³-hybridized carbons (Fsp3) is 0.750. The monoisotopic (exact) mass is 207 g/mol. The van der Waals surface area contributed by atoms with Crippen LogP contribution in [0.15, 0.2) is 12.7 Å². The highest BCUT2D eigenvalue weighted by Gasteiger charge is 2.18. The standard InChI is InChI=1S/C8H17NO3S/c1-3-5-9(6-7-10)13(11,12)8-4-2/h3,10H,1,4-8H2,2H3. The van der Waals surface area contributed by atoms with Crippen LogP contribution in [0.4, 0.5) is 0 Å². The third-order valence-corrected chi connectivity index (χ3v) is 3.58. The van der Waals surface area contributed by atoms with Gasteiger partial charge in [0.15, 0.2) is 0 Å². The molecule has 0 atom stereocenters. The van der Waals surface area contributed by atoms with E-state index in [2.05, 4.69) is 6.58 Å². The van der Waals surface area contributed by atoms with E-state index >= 15 is 0 Å². The molecule has 13 heavy (non-hydrogen) atoms. The maximum absolute atomic E-state index is 11.5. The van der Waals surface area contributed by atoms with Gasteiger partial charge >= 0.3 is 0 Å². The van der Waals surface area contributed by atoms with E-state index in [4.69, 9.17) is 5.11 Å². The van der Waals surface area contributed by atoms with Gasteiger partial charge in [0.2, 0.25) is 10.0 Å². The van der Waals surface area contributed by atoms with Gasteiger partial charge in [0, 0.05) is 13.1 Å². The molecule has 0 fully saturated rings. The van der Waals surface area contributed by atoms with Gasteiger partial charge in [-0.25, -0.2) is 8.42 Å². The predicted octanol–water partition coefficient (Wildman–Crippen LogP) is 0.206. The molecule has 0 aromatic heterocycles. The predicted molar refractivity (Wildman–Crippen MR) is 52.9 cm³/mol. The van der Waals surface area contributed by atoms with Crippen LogP contribution >= 0.6 is 0 Å². The summed E-state index contributed by atoms with van der Waals surface area (Å²) in [6.07, 6.45) is 2.10. The first kappa shape index (κ1) is 12.6. The molecule has 0 saturated heterocycles. The molecule has 0 amide bonds. The van der Waals surface area contributed by atoms with Gasteiger partial charge in [-0.1, -0.05) is 13.0 Å². The number of aliphatic hydroxyl groups is 1. The van der Waals surface area contributed by atoms with Gasteiger partial charge in [-0.15, -0.1) is 6.58 Å². The average molecular weight is 207 g/mol. The Hall–Kier alpha value is -0.390. The third kappa shape index (κ3) is 4.40. The minimum Gasteiger partial charge on any atom is -0.395 e. The Kier molecular flexibility index (Phi) is 5.94. The van der Waals surface area contributed by atoms with Crippen LogP contribution in [-0.4, -0.2) is 43.3 Å². The first-order valence-corrected chi connectivity index (χ1v) is 5.89. The van der Waals surface area contributed by atoms with Crippen molar-refractivity contribution in [2.45, 2.75) is 13.3 Å². The van der Waals surface area contributed by atoms with Crippen LogP contribution in [0.3, 0.4) is 0 Å². The van der Waals surface area contributed by atoms with Gasteiger partial charge in [0.25, 0.3) is 0 Å². The van der Waals surface area contributed by atoms with Crippen LogP contribution in [-0.2, 0) is 10.0 Å². The lowest BCUT2D eigenvalue weighted by Crippen LogP contribution is -2.35. The highest BCUT2D eigenvalue weighted by molar-refractivity contribution is 7.89. The number of hydrogen-bond acceptors (Lipinski definition) is 3. The first-order chi connectivity index (χ1) is 6.08. The van der Waals surface area contributed by atoms with Crippen molar-refractivity contribution < 1.29 is 13.5 Å². The summed E-state index contributed by atoms with van der Waals surface area (Å²) in [7, 11) is -3.19. The summed E-state index contributed by atoms with van der Waals surface area (Å²) in [5.41, 5.74) is 0. The topological polar surface area (TPSA) is 57.6 Å². The van der Waals surface area contributed by atoms with Crippen LogP contribution in [0.2, 0.25) is 0 Å². The van der Waals surface area contributed by atoms with Gasteiger partial charge in [-0.2, -0.15) is 4.31 Å². The molecular formula is C8H17NO3S. The molecule has 0 aliphatic rings. The van der Waals surface area contributed by atoms with E-state index in [0.717, 1.165) is 0 Å². The molecule has 78 valence electrons. The fourth-order valence-corrected chi connectivity index (χ4v) is 2.45. The van der Waals surface area contributed by atoms with E-state index in [1.54, 1.807) is 0 Å².